The fourth-order valence-corrected chi connectivity index (χ4v) is 3.31. The van der Waals surface area contributed by atoms with Crippen molar-refractivity contribution in [2.75, 3.05) is 0 Å². The highest BCUT2D eigenvalue weighted by Gasteiger charge is 2.15. The summed E-state index contributed by atoms with van der Waals surface area (Å²) in [5, 5.41) is 0. The molecule has 0 radical (unpaired) electrons. The van der Waals surface area contributed by atoms with Crippen LogP contribution < -0.4 is 0 Å². The van der Waals surface area contributed by atoms with Gasteiger partial charge in [0.25, 0.3) is 0 Å². The van der Waals surface area contributed by atoms with Crippen LogP contribution in [-0.2, 0) is 6.42 Å². The number of rotatable bonds is 6. The van der Waals surface area contributed by atoms with Crippen LogP contribution in [0, 0.1) is 6.92 Å². The van der Waals surface area contributed by atoms with Gasteiger partial charge in [0.2, 0.25) is 0 Å². The van der Waals surface area contributed by atoms with E-state index in [9.17, 15) is 0 Å². The van der Waals surface area contributed by atoms with Gasteiger partial charge in [0.05, 0.1) is 0 Å². The molecule has 0 atom stereocenters. The van der Waals surface area contributed by atoms with Gasteiger partial charge in [-0.25, -0.2) is 0 Å². The minimum atomic E-state index is 1.13. The quantitative estimate of drug-likeness (QED) is 0.506. The second-order valence-electron chi connectivity index (χ2n) is 6.77. The second kappa shape index (κ2) is 7.63. The highest BCUT2D eigenvalue weighted by atomic mass is 14.2. The summed E-state index contributed by atoms with van der Waals surface area (Å²) in [5.74, 6) is 0. The topological polar surface area (TPSA) is 0 Å². The molecule has 0 aliphatic heterocycles. The van der Waals surface area contributed by atoms with E-state index in [0.29, 0.717) is 0 Å². The van der Waals surface area contributed by atoms with Gasteiger partial charge < -0.3 is 0 Å². The molecule has 22 heavy (non-hydrogen) atoms. The zero-order valence-corrected chi connectivity index (χ0v) is 14.8. The lowest BCUT2D eigenvalue weighted by Crippen LogP contribution is -2.01. The Balaban J connectivity index is 2.33. The Kier molecular flexibility index (Phi) is 5.83. The Labute approximate surface area is 136 Å². The summed E-state index contributed by atoms with van der Waals surface area (Å²) in [6.45, 7) is 13.1. The minimum Gasteiger partial charge on any atom is -0.0958 e. The molecule has 2 rings (SSSR count). The van der Waals surface area contributed by atoms with E-state index >= 15 is 0 Å². The fraction of sp³-hybridized carbons (Fsp3) is 0.455. The van der Waals surface area contributed by atoms with E-state index in [-0.39, 0.29) is 0 Å². The number of allylic oxidation sites excluding steroid dienone is 5. The van der Waals surface area contributed by atoms with Gasteiger partial charge in [-0.1, -0.05) is 61.8 Å². The van der Waals surface area contributed by atoms with Crippen LogP contribution in [-0.4, -0.2) is 0 Å². The SMILES string of the molecule is C=C(C)C1=C(c2ccc(CCCCC)cc2C)C=C(C)CC1. The van der Waals surface area contributed by atoms with Gasteiger partial charge in [-0.2, -0.15) is 0 Å². The van der Waals surface area contributed by atoms with Crippen LogP contribution >= 0.6 is 0 Å². The van der Waals surface area contributed by atoms with Crippen LogP contribution in [0.1, 0.15) is 69.6 Å². The van der Waals surface area contributed by atoms with E-state index < -0.39 is 0 Å². The largest absolute Gasteiger partial charge is 0.0958 e. The number of benzene rings is 1. The van der Waals surface area contributed by atoms with Gasteiger partial charge in [-0.3, -0.25) is 0 Å². The van der Waals surface area contributed by atoms with Gasteiger partial charge in [-0.05, 0) is 74.3 Å². The summed E-state index contributed by atoms with van der Waals surface area (Å²) in [6, 6.07) is 7.02. The molecule has 0 amide bonds. The summed E-state index contributed by atoms with van der Waals surface area (Å²) in [4.78, 5) is 0. The molecule has 0 saturated carbocycles. The molecule has 0 unspecified atom stereocenters. The first kappa shape index (κ1) is 16.8. The van der Waals surface area contributed by atoms with Crippen molar-refractivity contribution in [2.45, 2.75) is 66.2 Å². The highest BCUT2D eigenvalue weighted by Crippen LogP contribution is 2.35. The predicted octanol–water partition coefficient (Wildman–Crippen LogP) is 6.80. The van der Waals surface area contributed by atoms with E-state index in [1.165, 1.54) is 71.1 Å². The Morgan fingerprint density at radius 1 is 1.14 bits per heavy atom. The Bertz CT molecular complexity index is 611. The van der Waals surface area contributed by atoms with E-state index in [0.717, 1.165) is 6.42 Å². The van der Waals surface area contributed by atoms with Gasteiger partial charge in [-0.15, -0.1) is 0 Å². The summed E-state index contributed by atoms with van der Waals surface area (Å²) in [7, 11) is 0. The number of aryl methyl sites for hydroxylation is 2. The maximum absolute atomic E-state index is 4.19. The Morgan fingerprint density at radius 2 is 1.91 bits per heavy atom. The minimum absolute atomic E-state index is 1.13. The van der Waals surface area contributed by atoms with E-state index in [1.54, 1.807) is 0 Å². The van der Waals surface area contributed by atoms with Crippen molar-refractivity contribution in [1.29, 1.82) is 0 Å². The van der Waals surface area contributed by atoms with E-state index in [2.05, 4.69) is 58.5 Å². The molecule has 1 aliphatic rings. The number of hydrogen-bond donors (Lipinski definition) is 0. The zero-order valence-electron chi connectivity index (χ0n) is 14.8. The molecule has 1 aliphatic carbocycles. The molecule has 0 saturated heterocycles. The summed E-state index contributed by atoms with van der Waals surface area (Å²) in [5.41, 5.74) is 9.78. The van der Waals surface area contributed by atoms with Gasteiger partial charge >= 0.3 is 0 Å². The van der Waals surface area contributed by atoms with Crippen molar-refractivity contribution in [2.24, 2.45) is 0 Å². The average molecular weight is 294 g/mol. The summed E-state index contributed by atoms with van der Waals surface area (Å²) >= 11 is 0. The van der Waals surface area contributed by atoms with Gasteiger partial charge in [0, 0.05) is 0 Å². The van der Waals surface area contributed by atoms with Crippen molar-refractivity contribution in [1.82, 2.24) is 0 Å². The van der Waals surface area contributed by atoms with Gasteiger partial charge in [0.15, 0.2) is 0 Å². The monoisotopic (exact) mass is 294 g/mol. The summed E-state index contributed by atoms with van der Waals surface area (Å²) < 4.78 is 0. The third kappa shape index (κ3) is 4.00. The third-order valence-electron chi connectivity index (χ3n) is 4.65. The number of hydrogen-bond acceptors (Lipinski definition) is 0. The number of unbranched alkanes of at least 4 members (excludes halogenated alkanes) is 2. The smallest absolute Gasteiger partial charge is 0.0147 e. The normalized spacial score (nSPS) is 15.0. The van der Waals surface area contributed by atoms with Crippen molar-refractivity contribution in [3.63, 3.8) is 0 Å². The van der Waals surface area contributed by atoms with Crippen LogP contribution in [0.25, 0.3) is 5.57 Å². The first-order chi connectivity index (χ1) is 10.5. The highest BCUT2D eigenvalue weighted by molar-refractivity contribution is 5.82. The lowest BCUT2D eigenvalue weighted by atomic mass is 9.84. The lowest BCUT2D eigenvalue weighted by Gasteiger charge is -2.21. The molecule has 0 N–H and O–H groups in total. The molecule has 0 heterocycles. The Morgan fingerprint density at radius 3 is 2.55 bits per heavy atom. The molecule has 0 nitrogen and oxygen atoms in total. The zero-order chi connectivity index (χ0) is 16.1. The molecule has 1 aromatic carbocycles. The molecule has 118 valence electrons. The first-order valence-corrected chi connectivity index (χ1v) is 8.69. The second-order valence-corrected chi connectivity index (χ2v) is 6.77. The van der Waals surface area contributed by atoms with Crippen molar-refractivity contribution in [3.8, 4) is 0 Å². The Hall–Kier alpha value is -1.56. The van der Waals surface area contributed by atoms with Crippen LogP contribution in [0.15, 0.2) is 47.6 Å². The van der Waals surface area contributed by atoms with Crippen molar-refractivity contribution < 1.29 is 0 Å². The third-order valence-corrected chi connectivity index (χ3v) is 4.65. The van der Waals surface area contributed by atoms with Gasteiger partial charge in [0.1, 0.15) is 0 Å². The molecule has 0 fully saturated rings. The van der Waals surface area contributed by atoms with E-state index in [4.69, 9.17) is 0 Å². The molecule has 0 spiro atoms. The van der Waals surface area contributed by atoms with E-state index in [1.807, 2.05) is 0 Å². The standard InChI is InChI=1S/C22H30/c1-6-7-8-9-19-11-13-21(18(5)15-19)22-14-17(4)10-12-20(22)16(2)3/h11,13-15H,2,6-10,12H2,1,3-5H3. The molecule has 1 aromatic rings. The molecular formula is C22H30. The summed E-state index contributed by atoms with van der Waals surface area (Å²) in [6.07, 6.45) is 9.78. The molecule has 0 aromatic heterocycles. The van der Waals surface area contributed by atoms with Crippen LogP contribution in [0.4, 0.5) is 0 Å². The average Bonchev–Trinajstić information content (AvgIpc) is 2.47. The maximum atomic E-state index is 4.19. The van der Waals surface area contributed by atoms with Crippen LogP contribution in [0.2, 0.25) is 0 Å². The molecular weight excluding hydrogens is 264 g/mol. The first-order valence-electron chi connectivity index (χ1n) is 8.69. The van der Waals surface area contributed by atoms with Crippen LogP contribution in [0.3, 0.4) is 0 Å². The predicted molar refractivity (Wildman–Crippen MR) is 99.1 cm³/mol. The van der Waals surface area contributed by atoms with Crippen molar-refractivity contribution in [3.05, 3.63) is 64.3 Å². The fourth-order valence-electron chi connectivity index (χ4n) is 3.31. The van der Waals surface area contributed by atoms with Crippen molar-refractivity contribution >= 4 is 5.57 Å². The van der Waals surface area contributed by atoms with Crippen LogP contribution in [0.5, 0.6) is 0 Å². The maximum Gasteiger partial charge on any atom is -0.0147 e. The molecule has 0 heteroatoms. The lowest BCUT2D eigenvalue weighted by molar-refractivity contribution is 0.717. The molecule has 0 bridgehead atoms.